The van der Waals surface area contributed by atoms with E-state index in [4.69, 9.17) is 0 Å². The summed E-state index contributed by atoms with van der Waals surface area (Å²) < 4.78 is 0. The van der Waals surface area contributed by atoms with Crippen LogP contribution in [-0.4, -0.2) is 68.8 Å². The molecule has 0 aliphatic heterocycles. The molecule has 0 rings (SSSR count). The van der Waals surface area contributed by atoms with Gasteiger partial charge in [0.15, 0.2) is 0 Å². The van der Waals surface area contributed by atoms with Gasteiger partial charge in [0.05, 0.1) is 43.5 Å². The zero-order valence-electron chi connectivity index (χ0n) is 21.0. The maximum Gasteiger partial charge on any atom is 0.0823 e. The Morgan fingerprint density at radius 3 is 1.41 bits per heavy atom. The summed E-state index contributed by atoms with van der Waals surface area (Å²) >= 11 is 0. The van der Waals surface area contributed by atoms with Crippen molar-refractivity contribution in [1.29, 1.82) is 0 Å². The fraction of sp³-hybridized carbons (Fsp3) is 1.00. The molecule has 3 atom stereocenters. The van der Waals surface area contributed by atoms with Gasteiger partial charge in [0, 0.05) is 6.42 Å². The fourth-order valence-electron chi connectivity index (χ4n) is 4.93. The molecule has 0 aliphatic carbocycles. The summed E-state index contributed by atoms with van der Waals surface area (Å²) in [5, 5.41) is 61.2. The monoisotopic (exact) mass is 462 g/mol. The van der Waals surface area contributed by atoms with Crippen LogP contribution < -0.4 is 0 Å². The van der Waals surface area contributed by atoms with E-state index in [1.54, 1.807) is 0 Å². The number of hydrogen-bond acceptors (Lipinski definition) is 6. The van der Waals surface area contributed by atoms with Crippen LogP contribution in [0.2, 0.25) is 0 Å². The first-order valence-corrected chi connectivity index (χ1v) is 13.2. The summed E-state index contributed by atoms with van der Waals surface area (Å²) in [5.74, 6) is -0.284. The number of aliphatic hydroxyl groups excluding tert-OH is 5. The first-order valence-electron chi connectivity index (χ1n) is 13.2. The van der Waals surface area contributed by atoms with E-state index in [1.165, 1.54) is 51.4 Å². The van der Waals surface area contributed by atoms with Gasteiger partial charge < -0.3 is 30.6 Å². The largest absolute Gasteiger partial charge is 0.395 e. The minimum atomic E-state index is -1.67. The maximum atomic E-state index is 11.7. The minimum absolute atomic E-state index is 0.183. The quantitative estimate of drug-likeness (QED) is 0.128. The molecule has 0 aliphatic rings. The molecule has 0 aromatic heterocycles. The van der Waals surface area contributed by atoms with Crippen molar-refractivity contribution in [2.24, 2.45) is 11.3 Å². The van der Waals surface area contributed by atoms with Gasteiger partial charge in [-0.05, 0) is 18.8 Å². The van der Waals surface area contributed by atoms with E-state index in [2.05, 4.69) is 13.8 Å². The van der Waals surface area contributed by atoms with Crippen molar-refractivity contribution < 1.29 is 30.6 Å². The molecule has 0 saturated carbocycles. The average Bonchev–Trinajstić information content (AvgIpc) is 2.80. The van der Waals surface area contributed by atoms with Gasteiger partial charge in [-0.15, -0.1) is 0 Å². The number of hydrogen-bond donors (Lipinski definition) is 6. The van der Waals surface area contributed by atoms with E-state index in [1.807, 2.05) is 0 Å². The highest BCUT2D eigenvalue weighted by molar-refractivity contribution is 5.03. The van der Waals surface area contributed by atoms with Crippen LogP contribution in [0, 0.1) is 11.3 Å². The summed E-state index contributed by atoms with van der Waals surface area (Å²) in [4.78, 5) is 0. The second kappa shape index (κ2) is 19.1. The van der Waals surface area contributed by atoms with Gasteiger partial charge in [-0.3, -0.25) is 0 Å². The van der Waals surface area contributed by atoms with E-state index in [0.717, 1.165) is 32.1 Å². The first kappa shape index (κ1) is 31.8. The summed E-state index contributed by atoms with van der Waals surface area (Å²) in [6.07, 6.45) is 15.4. The van der Waals surface area contributed by atoms with Crippen LogP contribution in [0.25, 0.3) is 0 Å². The third kappa shape index (κ3) is 10.8. The van der Waals surface area contributed by atoms with Crippen molar-refractivity contribution in [3.05, 3.63) is 0 Å². The number of rotatable bonds is 23. The molecule has 0 radical (unpaired) electrons. The van der Waals surface area contributed by atoms with Gasteiger partial charge in [-0.25, -0.2) is 0 Å². The Hall–Kier alpha value is -0.240. The molecule has 0 fully saturated rings. The van der Waals surface area contributed by atoms with Crippen molar-refractivity contribution in [2.75, 3.05) is 26.4 Å². The van der Waals surface area contributed by atoms with Crippen LogP contribution in [0.1, 0.15) is 117 Å². The molecule has 0 amide bonds. The minimum Gasteiger partial charge on any atom is -0.395 e. The SMILES string of the molecule is CCCCCCCCCCCCCC(CCCC)C(O)(CC(O)CO)C(CO)(CO)CO. The average molecular weight is 463 g/mol. The summed E-state index contributed by atoms with van der Waals surface area (Å²) in [6, 6.07) is 0. The fourth-order valence-corrected chi connectivity index (χ4v) is 4.93. The highest BCUT2D eigenvalue weighted by Gasteiger charge is 2.54. The van der Waals surface area contributed by atoms with E-state index < -0.39 is 43.5 Å². The summed E-state index contributed by atoms with van der Waals surface area (Å²) in [5.41, 5.74) is -3.19. The Bertz CT molecular complexity index is 407. The van der Waals surface area contributed by atoms with Crippen molar-refractivity contribution >= 4 is 0 Å². The Kier molecular flexibility index (Phi) is 19.0. The van der Waals surface area contributed by atoms with Crippen molar-refractivity contribution in [3.63, 3.8) is 0 Å². The van der Waals surface area contributed by atoms with Crippen molar-refractivity contribution in [1.82, 2.24) is 0 Å². The van der Waals surface area contributed by atoms with E-state index >= 15 is 0 Å². The predicted octanol–water partition coefficient (Wildman–Crippen LogP) is 3.93. The van der Waals surface area contributed by atoms with Crippen LogP contribution in [0.5, 0.6) is 0 Å². The second-order valence-corrected chi connectivity index (χ2v) is 9.88. The lowest BCUT2D eigenvalue weighted by atomic mass is 9.61. The lowest BCUT2D eigenvalue weighted by molar-refractivity contribution is -0.201. The van der Waals surface area contributed by atoms with Crippen LogP contribution in [0.4, 0.5) is 0 Å². The highest BCUT2D eigenvalue weighted by Crippen LogP contribution is 2.44. The molecule has 0 aromatic rings. The molecule has 0 spiro atoms. The number of aliphatic hydroxyl groups is 6. The molecule has 6 heteroatoms. The maximum absolute atomic E-state index is 11.7. The van der Waals surface area contributed by atoms with Crippen LogP contribution in [0.15, 0.2) is 0 Å². The first-order chi connectivity index (χ1) is 15.4. The lowest BCUT2D eigenvalue weighted by Gasteiger charge is -2.50. The highest BCUT2D eigenvalue weighted by atomic mass is 16.3. The molecule has 0 heterocycles. The van der Waals surface area contributed by atoms with E-state index in [9.17, 15) is 30.6 Å². The van der Waals surface area contributed by atoms with E-state index in [-0.39, 0.29) is 12.3 Å². The Morgan fingerprint density at radius 2 is 1.00 bits per heavy atom. The Balaban J connectivity index is 4.87. The predicted molar refractivity (Wildman–Crippen MR) is 130 cm³/mol. The summed E-state index contributed by atoms with van der Waals surface area (Å²) in [6.45, 7) is 2.03. The molecule has 0 saturated heterocycles. The van der Waals surface area contributed by atoms with Gasteiger partial charge in [-0.2, -0.15) is 0 Å². The molecule has 6 nitrogen and oxygen atoms in total. The van der Waals surface area contributed by atoms with Crippen LogP contribution >= 0.6 is 0 Å². The summed E-state index contributed by atoms with van der Waals surface area (Å²) in [7, 11) is 0. The Morgan fingerprint density at radius 1 is 0.594 bits per heavy atom. The van der Waals surface area contributed by atoms with Crippen molar-refractivity contribution in [2.45, 2.75) is 128 Å². The van der Waals surface area contributed by atoms with E-state index in [0.29, 0.717) is 12.8 Å². The molecule has 0 bridgehead atoms. The third-order valence-corrected chi connectivity index (χ3v) is 7.32. The van der Waals surface area contributed by atoms with Gasteiger partial charge in [-0.1, -0.05) is 97.3 Å². The molecular formula is C26H54O6. The third-order valence-electron chi connectivity index (χ3n) is 7.32. The zero-order chi connectivity index (χ0) is 24.3. The molecule has 32 heavy (non-hydrogen) atoms. The lowest BCUT2D eigenvalue weighted by Crippen LogP contribution is -2.61. The number of unbranched alkanes of at least 4 members (excludes halogenated alkanes) is 11. The topological polar surface area (TPSA) is 121 Å². The van der Waals surface area contributed by atoms with Gasteiger partial charge in [0.2, 0.25) is 0 Å². The molecule has 3 unspecified atom stereocenters. The van der Waals surface area contributed by atoms with Gasteiger partial charge >= 0.3 is 0 Å². The van der Waals surface area contributed by atoms with Crippen LogP contribution in [0.3, 0.4) is 0 Å². The Labute approximate surface area is 197 Å². The normalized spacial score (nSPS) is 16.1. The van der Waals surface area contributed by atoms with Gasteiger partial charge in [0.25, 0.3) is 0 Å². The van der Waals surface area contributed by atoms with Crippen LogP contribution in [-0.2, 0) is 0 Å². The zero-order valence-corrected chi connectivity index (χ0v) is 21.0. The smallest absolute Gasteiger partial charge is 0.0823 e. The van der Waals surface area contributed by atoms with Gasteiger partial charge in [0.1, 0.15) is 0 Å². The van der Waals surface area contributed by atoms with Crippen molar-refractivity contribution in [3.8, 4) is 0 Å². The molecular weight excluding hydrogens is 408 g/mol. The molecule has 0 aromatic carbocycles. The standard InChI is InChI=1S/C26H54O6/c1-3-5-7-8-9-10-11-12-13-14-15-17-23(16-6-4-2)26(32,18-24(31)19-27)25(20-28,21-29)22-30/h23-24,27-32H,3-22H2,1-2H3. The second-order valence-electron chi connectivity index (χ2n) is 9.88. The molecule has 6 N–H and O–H groups in total. The molecule has 194 valence electrons.